The van der Waals surface area contributed by atoms with Crippen molar-refractivity contribution in [3.05, 3.63) is 70.1 Å². The Morgan fingerprint density at radius 3 is 2.52 bits per heavy atom. The van der Waals surface area contributed by atoms with Gasteiger partial charge in [0.15, 0.2) is 0 Å². The van der Waals surface area contributed by atoms with Crippen molar-refractivity contribution in [3.8, 4) is 0 Å². The number of esters is 1. The van der Waals surface area contributed by atoms with Crippen molar-refractivity contribution in [3.63, 3.8) is 0 Å². The van der Waals surface area contributed by atoms with Crippen LogP contribution in [0.2, 0.25) is 0 Å². The van der Waals surface area contributed by atoms with Crippen LogP contribution in [0.15, 0.2) is 53.3 Å². The Hall–Kier alpha value is -3.42. The Morgan fingerprint density at radius 1 is 1.07 bits per heavy atom. The van der Waals surface area contributed by atoms with Gasteiger partial charge in [0.05, 0.1) is 25.1 Å². The van der Waals surface area contributed by atoms with Gasteiger partial charge in [0.25, 0.3) is 5.91 Å². The highest BCUT2D eigenvalue weighted by molar-refractivity contribution is 5.96. The van der Waals surface area contributed by atoms with Crippen LogP contribution in [-0.2, 0) is 14.3 Å². The highest BCUT2D eigenvalue weighted by Crippen LogP contribution is 2.43. The molecule has 3 heterocycles. The molecule has 2 aliphatic rings. The summed E-state index contributed by atoms with van der Waals surface area (Å²) in [6, 6.07) is 13.0. The zero-order valence-corrected chi connectivity index (χ0v) is 15.9. The second kappa shape index (κ2) is 7.54. The van der Waals surface area contributed by atoms with Crippen LogP contribution in [0, 0.1) is 5.92 Å². The Balaban J connectivity index is 1.63. The number of methoxy groups -OCH3 is 1. The van der Waals surface area contributed by atoms with Gasteiger partial charge in [-0.25, -0.2) is 0 Å². The van der Waals surface area contributed by atoms with E-state index in [-0.39, 0.29) is 35.7 Å². The first-order valence-electron chi connectivity index (χ1n) is 9.42. The average Bonchev–Trinajstić information content (AvgIpc) is 3.13. The van der Waals surface area contributed by atoms with Crippen LogP contribution in [0.1, 0.15) is 28.5 Å². The van der Waals surface area contributed by atoms with E-state index in [2.05, 4.69) is 4.98 Å². The summed E-state index contributed by atoms with van der Waals surface area (Å²) in [5.74, 6) is -1.50. The van der Waals surface area contributed by atoms with Crippen molar-refractivity contribution in [1.29, 1.82) is 0 Å². The van der Waals surface area contributed by atoms with E-state index < -0.39 is 17.9 Å². The number of pyridine rings is 1. The predicted molar refractivity (Wildman–Crippen MR) is 103 cm³/mol. The third kappa shape index (κ3) is 3.41. The molecule has 0 unspecified atom stereocenters. The van der Waals surface area contributed by atoms with Gasteiger partial charge in [-0.2, -0.15) is 0 Å². The van der Waals surface area contributed by atoms with E-state index in [9.17, 15) is 19.2 Å². The summed E-state index contributed by atoms with van der Waals surface area (Å²) < 4.78 is 4.99. The number of carbonyl (C=O) groups excluding carboxylic acids is 3. The van der Waals surface area contributed by atoms with Crippen LogP contribution in [-0.4, -0.2) is 58.8 Å². The van der Waals surface area contributed by atoms with Gasteiger partial charge in [-0.05, 0) is 18.1 Å². The number of amides is 2. The van der Waals surface area contributed by atoms with Crippen LogP contribution in [0.3, 0.4) is 0 Å². The molecular weight excluding hydrogens is 374 g/mol. The molecule has 0 spiro atoms. The molecule has 2 aliphatic heterocycles. The number of rotatable bonds is 3. The molecule has 3 atom stereocenters. The van der Waals surface area contributed by atoms with Crippen LogP contribution in [0.5, 0.6) is 0 Å². The van der Waals surface area contributed by atoms with Crippen molar-refractivity contribution in [2.45, 2.75) is 18.5 Å². The maximum absolute atomic E-state index is 13.0. The minimum Gasteiger partial charge on any atom is -0.469 e. The van der Waals surface area contributed by atoms with Crippen molar-refractivity contribution >= 4 is 17.8 Å². The molecule has 2 fully saturated rings. The van der Waals surface area contributed by atoms with Crippen LogP contribution in [0.4, 0.5) is 0 Å². The Kier molecular flexibility index (Phi) is 4.92. The van der Waals surface area contributed by atoms with Gasteiger partial charge in [-0.1, -0.05) is 36.4 Å². The minimum atomic E-state index is -0.497. The molecule has 8 heteroatoms. The number of aromatic nitrogens is 1. The second-order valence-electron chi connectivity index (χ2n) is 7.29. The van der Waals surface area contributed by atoms with Crippen LogP contribution < -0.4 is 5.56 Å². The summed E-state index contributed by atoms with van der Waals surface area (Å²) in [7, 11) is 1.34. The molecule has 29 heavy (non-hydrogen) atoms. The molecule has 2 aromatic rings. The lowest BCUT2D eigenvalue weighted by molar-refractivity contribution is -0.147. The normalized spacial score (nSPS) is 23.6. The molecule has 0 radical (unpaired) electrons. The van der Waals surface area contributed by atoms with Gasteiger partial charge in [0.2, 0.25) is 11.5 Å². The molecule has 2 saturated heterocycles. The monoisotopic (exact) mass is 395 g/mol. The van der Waals surface area contributed by atoms with E-state index in [1.54, 1.807) is 4.90 Å². The van der Waals surface area contributed by atoms with Crippen molar-refractivity contribution < 1.29 is 19.1 Å². The molecule has 0 aliphatic carbocycles. The number of ether oxygens (including phenoxy) is 1. The fraction of sp³-hybridized carbons (Fsp3) is 0.333. The first kappa shape index (κ1) is 18.9. The molecule has 2 amide bonds. The quantitative estimate of drug-likeness (QED) is 0.781. The van der Waals surface area contributed by atoms with E-state index in [0.717, 1.165) is 5.56 Å². The summed E-state index contributed by atoms with van der Waals surface area (Å²) >= 11 is 0. The van der Waals surface area contributed by atoms with Crippen molar-refractivity contribution in [1.82, 2.24) is 14.8 Å². The number of benzene rings is 1. The summed E-state index contributed by atoms with van der Waals surface area (Å²) in [6.07, 6.45) is 0.410. The summed E-state index contributed by atoms with van der Waals surface area (Å²) in [5, 5.41) is 0. The zero-order chi connectivity index (χ0) is 20.5. The SMILES string of the molecule is COC(=O)[C@H]1C[C@H]2CN(C(=O)c3cccc(=O)[nH]3)CC(=O)N2[C@H]1c1ccccc1. The summed E-state index contributed by atoms with van der Waals surface area (Å²) in [5.41, 5.74) is 0.628. The fourth-order valence-corrected chi connectivity index (χ4v) is 4.36. The number of nitrogens with zero attached hydrogens (tertiary/aromatic N) is 2. The third-order valence-corrected chi connectivity index (χ3v) is 5.58. The Morgan fingerprint density at radius 2 is 1.83 bits per heavy atom. The Bertz CT molecular complexity index is 1000. The third-order valence-electron chi connectivity index (χ3n) is 5.58. The van der Waals surface area contributed by atoms with E-state index >= 15 is 0 Å². The molecule has 0 saturated carbocycles. The smallest absolute Gasteiger partial charge is 0.311 e. The van der Waals surface area contributed by atoms with Gasteiger partial charge < -0.3 is 19.5 Å². The summed E-state index contributed by atoms with van der Waals surface area (Å²) in [4.78, 5) is 55.5. The number of piperazine rings is 1. The van der Waals surface area contributed by atoms with E-state index in [0.29, 0.717) is 13.0 Å². The highest BCUT2D eigenvalue weighted by Gasteiger charge is 2.51. The molecule has 1 aromatic heterocycles. The van der Waals surface area contributed by atoms with E-state index in [4.69, 9.17) is 4.74 Å². The van der Waals surface area contributed by atoms with Crippen molar-refractivity contribution in [2.75, 3.05) is 20.2 Å². The molecule has 4 rings (SSSR count). The summed E-state index contributed by atoms with van der Waals surface area (Å²) in [6.45, 7) is 0.182. The van der Waals surface area contributed by atoms with E-state index in [1.165, 1.54) is 30.2 Å². The second-order valence-corrected chi connectivity index (χ2v) is 7.29. The Labute approximate surface area is 167 Å². The molecule has 1 N–H and O–H groups in total. The van der Waals surface area contributed by atoms with Gasteiger partial charge in [0, 0.05) is 12.6 Å². The maximum atomic E-state index is 13.0. The lowest BCUT2D eigenvalue weighted by Crippen LogP contribution is -2.56. The topological polar surface area (TPSA) is 99.8 Å². The first-order valence-corrected chi connectivity index (χ1v) is 9.42. The zero-order valence-electron chi connectivity index (χ0n) is 15.9. The minimum absolute atomic E-state index is 0.108. The average molecular weight is 395 g/mol. The number of hydrogen-bond acceptors (Lipinski definition) is 5. The highest BCUT2D eigenvalue weighted by atomic mass is 16.5. The lowest BCUT2D eigenvalue weighted by atomic mass is 9.93. The lowest BCUT2D eigenvalue weighted by Gasteiger charge is -2.40. The number of H-pyrrole nitrogens is 1. The fourth-order valence-electron chi connectivity index (χ4n) is 4.36. The molecule has 150 valence electrons. The molecular formula is C21H21N3O5. The van der Waals surface area contributed by atoms with Crippen LogP contribution in [0.25, 0.3) is 0 Å². The predicted octanol–water partition coefficient (Wildman–Crippen LogP) is 0.962. The van der Waals surface area contributed by atoms with Crippen LogP contribution >= 0.6 is 0 Å². The number of carbonyl (C=O) groups is 3. The van der Waals surface area contributed by atoms with Gasteiger partial charge in [-0.3, -0.25) is 19.2 Å². The first-order chi connectivity index (χ1) is 14.0. The standard InChI is InChI=1S/C21H21N3O5/c1-29-21(28)15-10-14-11-23(20(27)16-8-5-9-17(25)22-16)12-18(26)24(14)19(15)13-6-3-2-4-7-13/h2-9,14-15,19H,10-12H2,1H3,(H,22,25)/t14-,15-,19-/m0/s1. The molecule has 0 bridgehead atoms. The van der Waals surface area contributed by atoms with Gasteiger partial charge in [0.1, 0.15) is 12.2 Å². The number of hydrogen-bond donors (Lipinski definition) is 1. The number of nitrogens with one attached hydrogen (secondary N) is 1. The van der Waals surface area contributed by atoms with Gasteiger partial charge >= 0.3 is 5.97 Å². The van der Waals surface area contributed by atoms with Gasteiger partial charge in [-0.15, -0.1) is 0 Å². The molecule has 8 nitrogen and oxygen atoms in total. The largest absolute Gasteiger partial charge is 0.469 e. The number of aromatic amines is 1. The van der Waals surface area contributed by atoms with Crippen molar-refractivity contribution in [2.24, 2.45) is 5.92 Å². The maximum Gasteiger partial charge on any atom is 0.311 e. The number of fused-ring (bicyclic) bond motifs is 1. The van der Waals surface area contributed by atoms with E-state index in [1.807, 2.05) is 30.3 Å². The molecule has 1 aromatic carbocycles.